The maximum Gasteiger partial charge on any atom is 0.218 e. The fourth-order valence-electron chi connectivity index (χ4n) is 1.72. The fourth-order valence-corrected chi connectivity index (χ4v) is 1.72. The van der Waals surface area contributed by atoms with Crippen molar-refractivity contribution < 1.29 is 4.79 Å². The smallest absolute Gasteiger partial charge is 0.218 e. The summed E-state index contributed by atoms with van der Waals surface area (Å²) in [5.74, 6) is -0.236. The van der Waals surface area contributed by atoms with E-state index < -0.39 is 0 Å². The van der Waals surface area contributed by atoms with E-state index in [-0.39, 0.29) is 5.91 Å². The highest BCUT2D eigenvalue weighted by Gasteiger charge is 2.17. The number of carbonyl (C=O) groups is 1. The number of primary amides is 1. The van der Waals surface area contributed by atoms with E-state index in [9.17, 15) is 4.79 Å². The predicted molar refractivity (Wildman–Crippen MR) is 52.0 cm³/mol. The molecule has 1 amide bonds. The summed E-state index contributed by atoms with van der Waals surface area (Å²) < 4.78 is 0. The van der Waals surface area contributed by atoms with E-state index in [2.05, 4.69) is 5.32 Å². The molecule has 0 radical (unpaired) electrons. The van der Waals surface area contributed by atoms with Crippen LogP contribution in [0.4, 0.5) is 0 Å². The van der Waals surface area contributed by atoms with Crippen molar-refractivity contribution in [3.05, 3.63) is 0 Å². The van der Waals surface area contributed by atoms with Crippen molar-refractivity contribution in [3.8, 4) is 0 Å². The summed E-state index contributed by atoms with van der Waals surface area (Å²) in [4.78, 5) is 10.5. The van der Waals surface area contributed by atoms with Crippen molar-refractivity contribution in [2.45, 2.75) is 44.2 Å². The van der Waals surface area contributed by atoms with Crippen LogP contribution in [-0.2, 0) is 4.79 Å². The van der Waals surface area contributed by atoms with Gasteiger partial charge in [-0.25, -0.2) is 0 Å². The molecule has 0 aromatic carbocycles. The SMILES string of the molecule is NC(=O)CCNC1CCC(N)CC1. The average molecular weight is 185 g/mol. The average Bonchev–Trinajstić information content (AvgIpc) is 2.08. The van der Waals surface area contributed by atoms with Crippen molar-refractivity contribution in [2.24, 2.45) is 11.5 Å². The zero-order chi connectivity index (χ0) is 9.68. The topological polar surface area (TPSA) is 81.1 Å². The second-order valence-corrected chi connectivity index (χ2v) is 3.78. The van der Waals surface area contributed by atoms with Gasteiger partial charge in [0.05, 0.1) is 0 Å². The largest absolute Gasteiger partial charge is 0.370 e. The molecular formula is C9H19N3O. The lowest BCUT2D eigenvalue weighted by atomic mass is 9.92. The summed E-state index contributed by atoms with van der Waals surface area (Å²) in [6, 6.07) is 0.924. The highest BCUT2D eigenvalue weighted by atomic mass is 16.1. The number of nitrogens with two attached hydrogens (primary N) is 2. The van der Waals surface area contributed by atoms with Gasteiger partial charge in [0, 0.05) is 25.0 Å². The Labute approximate surface area is 79.0 Å². The second-order valence-electron chi connectivity index (χ2n) is 3.78. The van der Waals surface area contributed by atoms with Gasteiger partial charge in [-0.15, -0.1) is 0 Å². The molecular weight excluding hydrogens is 166 g/mol. The van der Waals surface area contributed by atoms with Crippen LogP contribution in [0.2, 0.25) is 0 Å². The van der Waals surface area contributed by atoms with Crippen LogP contribution in [0.15, 0.2) is 0 Å². The van der Waals surface area contributed by atoms with E-state index >= 15 is 0 Å². The molecule has 13 heavy (non-hydrogen) atoms. The van der Waals surface area contributed by atoms with E-state index in [1.807, 2.05) is 0 Å². The molecule has 1 rings (SSSR count). The van der Waals surface area contributed by atoms with E-state index in [0.29, 0.717) is 25.0 Å². The Bertz CT molecular complexity index is 164. The maximum atomic E-state index is 10.5. The first-order chi connectivity index (χ1) is 6.18. The molecule has 0 aliphatic heterocycles. The Morgan fingerprint density at radius 3 is 2.46 bits per heavy atom. The van der Waals surface area contributed by atoms with Gasteiger partial charge in [-0.1, -0.05) is 0 Å². The van der Waals surface area contributed by atoms with Crippen molar-refractivity contribution in [2.75, 3.05) is 6.54 Å². The standard InChI is InChI=1S/C9H19N3O/c10-7-1-3-8(4-2-7)12-6-5-9(11)13/h7-8,12H,1-6,10H2,(H2,11,13). The number of rotatable bonds is 4. The normalized spacial score (nSPS) is 28.7. The van der Waals surface area contributed by atoms with Crippen LogP contribution in [-0.4, -0.2) is 24.5 Å². The summed E-state index contributed by atoms with van der Waals surface area (Å²) in [6.45, 7) is 0.704. The third-order valence-corrected chi connectivity index (χ3v) is 2.58. The molecule has 1 aliphatic carbocycles. The Balaban J connectivity index is 2.05. The van der Waals surface area contributed by atoms with Crippen LogP contribution < -0.4 is 16.8 Å². The summed E-state index contributed by atoms with van der Waals surface area (Å²) >= 11 is 0. The highest BCUT2D eigenvalue weighted by Crippen LogP contribution is 2.16. The zero-order valence-electron chi connectivity index (χ0n) is 7.96. The van der Waals surface area contributed by atoms with E-state index in [1.54, 1.807) is 0 Å². The lowest BCUT2D eigenvalue weighted by Crippen LogP contribution is -2.38. The number of hydrogen-bond donors (Lipinski definition) is 3. The quantitative estimate of drug-likeness (QED) is 0.563. The van der Waals surface area contributed by atoms with Gasteiger partial charge in [-0.05, 0) is 25.7 Å². The van der Waals surface area contributed by atoms with E-state index in [4.69, 9.17) is 11.5 Å². The van der Waals surface area contributed by atoms with Crippen molar-refractivity contribution in [1.82, 2.24) is 5.32 Å². The monoisotopic (exact) mass is 185 g/mol. The first-order valence-corrected chi connectivity index (χ1v) is 4.95. The molecule has 0 saturated heterocycles. The number of nitrogens with one attached hydrogen (secondary N) is 1. The third-order valence-electron chi connectivity index (χ3n) is 2.58. The van der Waals surface area contributed by atoms with Gasteiger partial charge in [-0.2, -0.15) is 0 Å². The lowest BCUT2D eigenvalue weighted by Gasteiger charge is -2.26. The minimum atomic E-state index is -0.236. The molecule has 4 heteroatoms. The molecule has 0 aromatic rings. The Hall–Kier alpha value is -0.610. The van der Waals surface area contributed by atoms with Crippen LogP contribution in [0.25, 0.3) is 0 Å². The summed E-state index contributed by atoms with van der Waals surface area (Å²) in [6.07, 6.45) is 4.87. The van der Waals surface area contributed by atoms with Gasteiger partial charge < -0.3 is 16.8 Å². The first-order valence-electron chi connectivity index (χ1n) is 4.95. The first kappa shape index (κ1) is 10.5. The van der Waals surface area contributed by atoms with Gasteiger partial charge >= 0.3 is 0 Å². The summed E-state index contributed by atoms with van der Waals surface area (Å²) in [7, 11) is 0. The van der Waals surface area contributed by atoms with Gasteiger partial charge in [0.15, 0.2) is 0 Å². The molecule has 1 saturated carbocycles. The van der Waals surface area contributed by atoms with Crippen LogP contribution >= 0.6 is 0 Å². The molecule has 1 aliphatic rings. The number of hydrogen-bond acceptors (Lipinski definition) is 3. The van der Waals surface area contributed by atoms with Crippen LogP contribution in [0, 0.1) is 0 Å². The fraction of sp³-hybridized carbons (Fsp3) is 0.889. The van der Waals surface area contributed by atoms with Crippen LogP contribution in [0.3, 0.4) is 0 Å². The lowest BCUT2D eigenvalue weighted by molar-refractivity contribution is -0.117. The third kappa shape index (κ3) is 4.24. The summed E-state index contributed by atoms with van der Waals surface area (Å²) in [5, 5.41) is 3.32. The Morgan fingerprint density at radius 2 is 1.92 bits per heavy atom. The van der Waals surface area contributed by atoms with Crippen molar-refractivity contribution in [1.29, 1.82) is 0 Å². The Morgan fingerprint density at radius 1 is 1.31 bits per heavy atom. The number of carbonyl (C=O) groups excluding carboxylic acids is 1. The summed E-state index contributed by atoms with van der Waals surface area (Å²) in [5.41, 5.74) is 10.8. The molecule has 0 atom stereocenters. The predicted octanol–water partition coefficient (Wildman–Crippen LogP) is -0.279. The molecule has 0 aromatic heterocycles. The van der Waals surface area contributed by atoms with E-state index in [1.165, 1.54) is 0 Å². The molecule has 0 heterocycles. The minimum Gasteiger partial charge on any atom is -0.370 e. The molecule has 76 valence electrons. The molecule has 5 N–H and O–H groups in total. The minimum absolute atomic E-state index is 0.236. The maximum absolute atomic E-state index is 10.5. The molecule has 0 bridgehead atoms. The molecule has 1 fully saturated rings. The van der Waals surface area contributed by atoms with Gasteiger partial charge in [0.2, 0.25) is 5.91 Å². The second kappa shape index (κ2) is 5.19. The highest BCUT2D eigenvalue weighted by molar-refractivity contribution is 5.73. The zero-order valence-corrected chi connectivity index (χ0v) is 7.96. The van der Waals surface area contributed by atoms with Crippen LogP contribution in [0.5, 0.6) is 0 Å². The van der Waals surface area contributed by atoms with Gasteiger partial charge in [-0.3, -0.25) is 4.79 Å². The van der Waals surface area contributed by atoms with Crippen LogP contribution in [0.1, 0.15) is 32.1 Å². The Kier molecular flexibility index (Phi) is 4.18. The molecule has 0 unspecified atom stereocenters. The van der Waals surface area contributed by atoms with Crippen molar-refractivity contribution >= 4 is 5.91 Å². The molecule has 4 nitrogen and oxygen atoms in total. The van der Waals surface area contributed by atoms with E-state index in [0.717, 1.165) is 25.7 Å². The van der Waals surface area contributed by atoms with Crippen molar-refractivity contribution in [3.63, 3.8) is 0 Å². The number of amides is 1. The van der Waals surface area contributed by atoms with Gasteiger partial charge in [0.25, 0.3) is 0 Å². The van der Waals surface area contributed by atoms with Gasteiger partial charge in [0.1, 0.15) is 0 Å². The molecule has 0 spiro atoms.